The molecule has 1 amide bonds. The van der Waals surface area contributed by atoms with Gasteiger partial charge in [-0.05, 0) is 44.0 Å². The van der Waals surface area contributed by atoms with E-state index >= 15 is 0 Å². The molecule has 3 rings (SSSR count). The summed E-state index contributed by atoms with van der Waals surface area (Å²) in [6.45, 7) is 6.34. The third kappa shape index (κ3) is 6.60. The van der Waals surface area contributed by atoms with Crippen LogP contribution in [0.4, 0.5) is 0 Å². The average molecular weight is 493 g/mol. The number of carbonyl (C=O) groups excluding carboxylic acids is 1. The Labute approximate surface area is 191 Å². The lowest BCUT2D eigenvalue weighted by molar-refractivity contribution is -0.119. The first-order valence-electron chi connectivity index (χ1n) is 10.4. The van der Waals surface area contributed by atoms with Crippen LogP contribution in [0, 0.1) is 0 Å². The number of allylic oxidation sites excluding steroid dienone is 1. The molecule has 8 heteroatoms. The number of hydrogen-bond acceptors (Lipinski definition) is 5. The lowest BCUT2D eigenvalue weighted by Crippen LogP contribution is -2.35. The number of amides is 1. The van der Waals surface area contributed by atoms with E-state index in [1.807, 2.05) is 35.8 Å². The van der Waals surface area contributed by atoms with E-state index in [0.29, 0.717) is 29.3 Å². The summed E-state index contributed by atoms with van der Waals surface area (Å²) in [4.78, 5) is 12.4. The van der Waals surface area contributed by atoms with E-state index < -0.39 is 0 Å². The molecule has 1 aliphatic carbocycles. The molecule has 2 aromatic rings. The lowest BCUT2D eigenvalue weighted by atomic mass is 10.1. The molecule has 162 valence electrons. The van der Waals surface area contributed by atoms with Crippen LogP contribution in [0.1, 0.15) is 57.4 Å². The Kier molecular flexibility index (Phi) is 8.81. The summed E-state index contributed by atoms with van der Waals surface area (Å²) in [5.74, 6) is 1.86. The first kappa shape index (κ1) is 22.9. The minimum Gasteiger partial charge on any atom is -0.483 e. The summed E-state index contributed by atoms with van der Waals surface area (Å²) in [5, 5.41) is 12.5. The highest BCUT2D eigenvalue weighted by molar-refractivity contribution is 9.10. The van der Waals surface area contributed by atoms with Gasteiger partial charge in [-0.1, -0.05) is 59.5 Å². The maximum Gasteiger partial charge on any atom is 0.230 e. The van der Waals surface area contributed by atoms with Gasteiger partial charge in [-0.15, -0.1) is 16.8 Å². The Balaban J connectivity index is 1.60. The van der Waals surface area contributed by atoms with Crippen molar-refractivity contribution in [2.75, 3.05) is 5.75 Å². The molecule has 0 saturated heterocycles. The first-order chi connectivity index (χ1) is 14.6. The van der Waals surface area contributed by atoms with Crippen LogP contribution in [0.2, 0.25) is 0 Å². The number of halogens is 1. The third-order valence-corrected chi connectivity index (χ3v) is 6.60. The van der Waals surface area contributed by atoms with E-state index in [0.717, 1.165) is 23.1 Å². The van der Waals surface area contributed by atoms with E-state index in [2.05, 4.69) is 38.0 Å². The standard InChI is InChI=1S/C22H29BrN4O2S/c1-3-14-27-21(16(2)29-19-12-10-17(23)11-13-19)25-26-22(27)30-15-20(28)24-18-8-6-4-5-7-9-18/h3,10-13,16,18H,1,4-9,14-15H2,2H3,(H,24,28). The first-order valence-corrected chi connectivity index (χ1v) is 12.2. The van der Waals surface area contributed by atoms with Crippen LogP contribution in [0.5, 0.6) is 5.75 Å². The summed E-state index contributed by atoms with van der Waals surface area (Å²) < 4.78 is 8.98. The Morgan fingerprint density at radius 1 is 1.30 bits per heavy atom. The summed E-state index contributed by atoms with van der Waals surface area (Å²) in [6.07, 6.45) is 8.62. The van der Waals surface area contributed by atoms with Crippen molar-refractivity contribution < 1.29 is 9.53 Å². The maximum absolute atomic E-state index is 12.4. The number of rotatable bonds is 9. The predicted molar refractivity (Wildman–Crippen MR) is 124 cm³/mol. The van der Waals surface area contributed by atoms with Crippen LogP contribution < -0.4 is 10.1 Å². The summed E-state index contributed by atoms with van der Waals surface area (Å²) in [5.41, 5.74) is 0. The Bertz CT molecular complexity index is 832. The van der Waals surface area contributed by atoms with Crippen molar-refractivity contribution in [1.29, 1.82) is 0 Å². The second kappa shape index (κ2) is 11.6. The quantitative estimate of drug-likeness (QED) is 0.292. The Morgan fingerprint density at radius 3 is 2.67 bits per heavy atom. The molecule has 0 bridgehead atoms. The van der Waals surface area contributed by atoms with Crippen LogP contribution >= 0.6 is 27.7 Å². The smallest absolute Gasteiger partial charge is 0.230 e. The molecule has 1 aliphatic rings. The van der Waals surface area contributed by atoms with Gasteiger partial charge in [0.25, 0.3) is 0 Å². The summed E-state index contributed by atoms with van der Waals surface area (Å²) in [7, 11) is 0. The molecule has 0 aliphatic heterocycles. The van der Waals surface area contributed by atoms with E-state index in [1.165, 1.54) is 37.4 Å². The molecule has 1 fully saturated rings. The lowest BCUT2D eigenvalue weighted by Gasteiger charge is -2.17. The average Bonchev–Trinajstić information content (AvgIpc) is 2.95. The molecule has 1 atom stereocenters. The fourth-order valence-corrected chi connectivity index (χ4v) is 4.63. The normalized spacial score (nSPS) is 15.9. The number of carbonyl (C=O) groups is 1. The molecule has 6 nitrogen and oxygen atoms in total. The van der Waals surface area contributed by atoms with Gasteiger partial charge in [-0.25, -0.2) is 0 Å². The van der Waals surface area contributed by atoms with Crippen molar-refractivity contribution in [3.63, 3.8) is 0 Å². The maximum atomic E-state index is 12.4. The van der Waals surface area contributed by atoms with Gasteiger partial charge < -0.3 is 10.1 Å². The highest BCUT2D eigenvalue weighted by atomic mass is 79.9. The molecule has 30 heavy (non-hydrogen) atoms. The largest absolute Gasteiger partial charge is 0.483 e. The molecule has 0 spiro atoms. The molecule has 1 aromatic heterocycles. The molecular weight excluding hydrogens is 464 g/mol. The number of hydrogen-bond donors (Lipinski definition) is 1. The number of benzene rings is 1. The van der Waals surface area contributed by atoms with Crippen molar-refractivity contribution in [1.82, 2.24) is 20.1 Å². The van der Waals surface area contributed by atoms with Gasteiger partial charge in [-0.3, -0.25) is 9.36 Å². The number of ether oxygens (including phenoxy) is 1. The SMILES string of the molecule is C=CCn1c(SCC(=O)NC2CCCCCC2)nnc1C(C)Oc1ccc(Br)cc1. The zero-order valence-electron chi connectivity index (χ0n) is 17.3. The van der Waals surface area contributed by atoms with Crippen LogP contribution in [-0.2, 0) is 11.3 Å². The number of aromatic nitrogens is 3. The zero-order valence-corrected chi connectivity index (χ0v) is 19.8. The second-order valence-electron chi connectivity index (χ2n) is 7.50. The molecule has 1 saturated carbocycles. The fraction of sp³-hybridized carbons (Fsp3) is 0.500. The van der Waals surface area contributed by atoms with E-state index in [1.54, 1.807) is 6.08 Å². The highest BCUT2D eigenvalue weighted by Crippen LogP contribution is 2.26. The summed E-state index contributed by atoms with van der Waals surface area (Å²) >= 11 is 4.83. The van der Waals surface area contributed by atoms with Crippen LogP contribution in [0.25, 0.3) is 0 Å². The van der Waals surface area contributed by atoms with Crippen molar-refractivity contribution in [2.45, 2.75) is 69.3 Å². The van der Waals surface area contributed by atoms with E-state index in [4.69, 9.17) is 4.74 Å². The third-order valence-electron chi connectivity index (χ3n) is 5.10. The predicted octanol–water partition coefficient (Wildman–Crippen LogP) is 5.30. The van der Waals surface area contributed by atoms with Gasteiger partial charge in [0.2, 0.25) is 5.91 Å². The molecule has 1 unspecified atom stereocenters. The fourth-order valence-electron chi connectivity index (χ4n) is 3.60. The van der Waals surface area contributed by atoms with Crippen molar-refractivity contribution in [3.05, 3.63) is 47.2 Å². The minimum atomic E-state index is -0.284. The van der Waals surface area contributed by atoms with E-state index in [-0.39, 0.29) is 12.0 Å². The highest BCUT2D eigenvalue weighted by Gasteiger charge is 2.20. The number of nitrogens with zero attached hydrogens (tertiary/aromatic N) is 3. The molecular formula is C22H29BrN4O2S. The number of thioether (sulfide) groups is 1. The van der Waals surface area contributed by atoms with Gasteiger partial charge in [0.05, 0.1) is 5.75 Å². The molecule has 1 aromatic carbocycles. The van der Waals surface area contributed by atoms with Gasteiger partial charge in [0, 0.05) is 17.1 Å². The van der Waals surface area contributed by atoms with Gasteiger partial charge in [-0.2, -0.15) is 0 Å². The summed E-state index contributed by atoms with van der Waals surface area (Å²) in [6, 6.07) is 7.99. The minimum absolute atomic E-state index is 0.0563. The van der Waals surface area contributed by atoms with E-state index in [9.17, 15) is 4.79 Å². The second-order valence-corrected chi connectivity index (χ2v) is 9.36. The molecule has 1 heterocycles. The molecule has 0 radical (unpaired) electrons. The van der Waals surface area contributed by atoms with Crippen molar-refractivity contribution in [3.8, 4) is 5.75 Å². The van der Waals surface area contributed by atoms with Crippen LogP contribution in [0.3, 0.4) is 0 Å². The Hall–Kier alpha value is -1.80. The van der Waals surface area contributed by atoms with Crippen molar-refractivity contribution >= 4 is 33.6 Å². The van der Waals surface area contributed by atoms with Gasteiger partial charge in [0.1, 0.15) is 5.75 Å². The number of nitrogens with one attached hydrogen (secondary N) is 1. The zero-order chi connectivity index (χ0) is 21.3. The topological polar surface area (TPSA) is 69.0 Å². The van der Waals surface area contributed by atoms with Gasteiger partial charge in [0.15, 0.2) is 17.1 Å². The molecule has 1 N–H and O–H groups in total. The van der Waals surface area contributed by atoms with Crippen molar-refractivity contribution in [2.24, 2.45) is 0 Å². The Morgan fingerprint density at radius 2 is 2.00 bits per heavy atom. The van der Waals surface area contributed by atoms with Gasteiger partial charge >= 0.3 is 0 Å². The van der Waals surface area contributed by atoms with Crippen LogP contribution in [0.15, 0.2) is 46.5 Å². The van der Waals surface area contributed by atoms with Crippen LogP contribution in [-0.4, -0.2) is 32.5 Å². The monoisotopic (exact) mass is 492 g/mol.